The van der Waals surface area contributed by atoms with Crippen LogP contribution in [-0.4, -0.2) is 23.5 Å². The average molecular weight is 233 g/mol. The summed E-state index contributed by atoms with van der Waals surface area (Å²) in [5.41, 5.74) is 1.89. The first-order valence-corrected chi connectivity index (χ1v) is 5.74. The standard InChI is InChI=1S/C13H15NO3/c1-9-5-6-10(13(16)17)8-11(9)14-7-3-2-4-12(14)15/h5-6,8H,2-4,7H2,1H3,(H,16,17). The molecule has 1 aliphatic heterocycles. The Morgan fingerprint density at radius 3 is 2.76 bits per heavy atom. The van der Waals surface area contributed by atoms with Crippen molar-refractivity contribution in [2.24, 2.45) is 0 Å². The molecule has 0 aliphatic carbocycles. The van der Waals surface area contributed by atoms with E-state index in [-0.39, 0.29) is 11.5 Å². The van der Waals surface area contributed by atoms with Crippen molar-refractivity contribution in [2.45, 2.75) is 26.2 Å². The highest BCUT2D eigenvalue weighted by Crippen LogP contribution is 2.25. The number of hydrogen-bond acceptors (Lipinski definition) is 2. The van der Waals surface area contributed by atoms with Crippen LogP contribution < -0.4 is 4.90 Å². The van der Waals surface area contributed by atoms with Gasteiger partial charge in [0.15, 0.2) is 0 Å². The van der Waals surface area contributed by atoms with E-state index in [1.807, 2.05) is 6.92 Å². The fraction of sp³-hybridized carbons (Fsp3) is 0.385. The number of nitrogens with zero attached hydrogens (tertiary/aromatic N) is 1. The molecule has 0 saturated carbocycles. The van der Waals surface area contributed by atoms with Crippen LogP contribution in [0.25, 0.3) is 0 Å². The molecule has 1 aromatic rings. The van der Waals surface area contributed by atoms with Crippen LogP contribution in [0, 0.1) is 6.92 Å². The van der Waals surface area contributed by atoms with Gasteiger partial charge in [0.2, 0.25) is 5.91 Å². The summed E-state index contributed by atoms with van der Waals surface area (Å²) in [6.45, 7) is 2.57. The summed E-state index contributed by atoms with van der Waals surface area (Å²) in [6, 6.07) is 4.90. The molecule has 17 heavy (non-hydrogen) atoms. The molecular formula is C13H15NO3. The fourth-order valence-corrected chi connectivity index (χ4v) is 2.09. The predicted octanol–water partition coefficient (Wildman–Crippen LogP) is 2.21. The third-order valence-corrected chi connectivity index (χ3v) is 3.07. The zero-order valence-electron chi connectivity index (χ0n) is 9.77. The van der Waals surface area contributed by atoms with Gasteiger partial charge in [-0.25, -0.2) is 4.79 Å². The Hall–Kier alpha value is -1.84. The van der Waals surface area contributed by atoms with Crippen molar-refractivity contribution in [1.82, 2.24) is 0 Å². The van der Waals surface area contributed by atoms with E-state index >= 15 is 0 Å². The van der Waals surface area contributed by atoms with Crippen molar-refractivity contribution in [2.75, 3.05) is 11.4 Å². The molecular weight excluding hydrogens is 218 g/mol. The van der Waals surface area contributed by atoms with E-state index in [9.17, 15) is 9.59 Å². The van der Waals surface area contributed by atoms with Crippen LogP contribution in [0.5, 0.6) is 0 Å². The molecule has 4 nitrogen and oxygen atoms in total. The number of carbonyl (C=O) groups excluding carboxylic acids is 1. The summed E-state index contributed by atoms with van der Waals surface area (Å²) in [7, 11) is 0. The second-order valence-electron chi connectivity index (χ2n) is 4.31. The van der Waals surface area contributed by atoms with Gasteiger partial charge >= 0.3 is 5.97 Å². The Labute approximate surface area is 99.9 Å². The molecule has 0 aromatic heterocycles. The topological polar surface area (TPSA) is 57.6 Å². The molecule has 1 amide bonds. The first-order chi connectivity index (χ1) is 8.09. The molecule has 0 bridgehead atoms. The van der Waals surface area contributed by atoms with Gasteiger partial charge < -0.3 is 10.0 Å². The fourth-order valence-electron chi connectivity index (χ4n) is 2.09. The highest BCUT2D eigenvalue weighted by Gasteiger charge is 2.21. The van der Waals surface area contributed by atoms with E-state index in [1.165, 1.54) is 0 Å². The van der Waals surface area contributed by atoms with Crippen LogP contribution in [-0.2, 0) is 4.79 Å². The van der Waals surface area contributed by atoms with Crippen molar-refractivity contribution in [3.8, 4) is 0 Å². The van der Waals surface area contributed by atoms with Crippen LogP contribution in [0.2, 0.25) is 0 Å². The molecule has 0 spiro atoms. The normalized spacial score (nSPS) is 16.1. The molecule has 0 atom stereocenters. The van der Waals surface area contributed by atoms with Gasteiger partial charge in [0.05, 0.1) is 5.56 Å². The first kappa shape index (κ1) is 11.6. The molecule has 90 valence electrons. The number of aryl methyl sites for hydroxylation is 1. The van der Waals surface area contributed by atoms with E-state index in [4.69, 9.17) is 5.11 Å². The van der Waals surface area contributed by atoms with Gasteiger partial charge in [-0.05, 0) is 37.5 Å². The summed E-state index contributed by atoms with van der Waals surface area (Å²) in [5, 5.41) is 8.96. The lowest BCUT2D eigenvalue weighted by Crippen LogP contribution is -2.35. The van der Waals surface area contributed by atoms with E-state index in [1.54, 1.807) is 23.1 Å². The average Bonchev–Trinajstić information content (AvgIpc) is 2.30. The van der Waals surface area contributed by atoms with Crippen LogP contribution in [0.15, 0.2) is 18.2 Å². The van der Waals surface area contributed by atoms with E-state index in [0.29, 0.717) is 13.0 Å². The number of amides is 1. The number of anilines is 1. The lowest BCUT2D eigenvalue weighted by Gasteiger charge is -2.28. The minimum absolute atomic E-state index is 0.0851. The van der Waals surface area contributed by atoms with E-state index in [0.717, 1.165) is 24.1 Å². The van der Waals surface area contributed by atoms with Gasteiger partial charge in [0, 0.05) is 18.7 Å². The van der Waals surface area contributed by atoms with Gasteiger partial charge in [-0.1, -0.05) is 6.07 Å². The summed E-state index contributed by atoms with van der Waals surface area (Å²) >= 11 is 0. The Balaban J connectivity index is 2.39. The molecule has 2 rings (SSSR count). The summed E-state index contributed by atoms with van der Waals surface area (Å²) < 4.78 is 0. The number of piperidine rings is 1. The maximum absolute atomic E-state index is 11.8. The molecule has 1 aliphatic rings. The Kier molecular flexibility index (Phi) is 3.13. The lowest BCUT2D eigenvalue weighted by atomic mass is 10.0. The molecule has 0 radical (unpaired) electrons. The largest absolute Gasteiger partial charge is 0.478 e. The van der Waals surface area contributed by atoms with Gasteiger partial charge in [-0.15, -0.1) is 0 Å². The minimum atomic E-state index is -0.962. The summed E-state index contributed by atoms with van der Waals surface area (Å²) in [5.74, 6) is -0.877. The van der Waals surface area contributed by atoms with E-state index in [2.05, 4.69) is 0 Å². The van der Waals surface area contributed by atoms with Crippen molar-refractivity contribution in [3.63, 3.8) is 0 Å². The van der Waals surface area contributed by atoms with Gasteiger partial charge in [-0.3, -0.25) is 4.79 Å². The molecule has 1 fully saturated rings. The first-order valence-electron chi connectivity index (χ1n) is 5.74. The van der Waals surface area contributed by atoms with Gasteiger partial charge in [0.1, 0.15) is 0 Å². The molecule has 1 N–H and O–H groups in total. The Morgan fingerprint density at radius 2 is 2.12 bits per heavy atom. The zero-order valence-corrected chi connectivity index (χ0v) is 9.77. The van der Waals surface area contributed by atoms with Crippen molar-refractivity contribution < 1.29 is 14.7 Å². The minimum Gasteiger partial charge on any atom is -0.478 e. The van der Waals surface area contributed by atoms with Crippen molar-refractivity contribution in [1.29, 1.82) is 0 Å². The van der Waals surface area contributed by atoms with Crippen LogP contribution in [0.3, 0.4) is 0 Å². The van der Waals surface area contributed by atoms with Gasteiger partial charge in [-0.2, -0.15) is 0 Å². The molecule has 1 saturated heterocycles. The number of rotatable bonds is 2. The van der Waals surface area contributed by atoms with Crippen LogP contribution in [0.1, 0.15) is 35.2 Å². The molecule has 1 aromatic carbocycles. The predicted molar refractivity (Wildman–Crippen MR) is 64.3 cm³/mol. The number of aromatic carboxylic acids is 1. The lowest BCUT2D eigenvalue weighted by molar-refractivity contribution is -0.119. The maximum atomic E-state index is 11.8. The van der Waals surface area contributed by atoms with Gasteiger partial charge in [0.25, 0.3) is 0 Å². The second-order valence-corrected chi connectivity index (χ2v) is 4.31. The van der Waals surface area contributed by atoms with Crippen LogP contribution >= 0.6 is 0 Å². The Morgan fingerprint density at radius 1 is 1.35 bits per heavy atom. The number of carbonyl (C=O) groups is 2. The van der Waals surface area contributed by atoms with Crippen molar-refractivity contribution >= 4 is 17.6 Å². The summed E-state index contributed by atoms with van der Waals surface area (Å²) in [6.07, 6.45) is 2.45. The highest BCUT2D eigenvalue weighted by molar-refractivity contribution is 5.97. The quantitative estimate of drug-likeness (QED) is 0.852. The van der Waals surface area contributed by atoms with Crippen LogP contribution in [0.4, 0.5) is 5.69 Å². The molecule has 4 heteroatoms. The summed E-state index contributed by atoms with van der Waals surface area (Å²) in [4.78, 5) is 24.4. The Bertz CT molecular complexity index is 468. The molecule has 0 unspecified atom stereocenters. The third-order valence-electron chi connectivity index (χ3n) is 3.07. The monoisotopic (exact) mass is 233 g/mol. The van der Waals surface area contributed by atoms with E-state index < -0.39 is 5.97 Å². The maximum Gasteiger partial charge on any atom is 0.335 e. The smallest absolute Gasteiger partial charge is 0.335 e. The number of hydrogen-bond donors (Lipinski definition) is 1. The second kappa shape index (κ2) is 4.57. The number of benzene rings is 1. The SMILES string of the molecule is Cc1ccc(C(=O)O)cc1N1CCCCC1=O. The highest BCUT2D eigenvalue weighted by atomic mass is 16.4. The third kappa shape index (κ3) is 2.30. The molecule has 1 heterocycles. The number of carboxylic acid groups (broad SMARTS) is 1. The number of carboxylic acids is 1. The van der Waals surface area contributed by atoms with Crippen molar-refractivity contribution in [3.05, 3.63) is 29.3 Å². The zero-order chi connectivity index (χ0) is 12.4.